The molecule has 2 rings (SSSR count). The van der Waals surface area contributed by atoms with Crippen molar-refractivity contribution < 1.29 is 27.9 Å². The van der Waals surface area contributed by atoms with Crippen LogP contribution >= 0.6 is 0 Å². The van der Waals surface area contributed by atoms with Crippen molar-refractivity contribution >= 4 is 21.9 Å². The molecule has 1 aromatic rings. The van der Waals surface area contributed by atoms with Crippen LogP contribution in [0.3, 0.4) is 0 Å². The van der Waals surface area contributed by atoms with Gasteiger partial charge in [0.2, 0.25) is 15.9 Å². The second-order valence-electron chi connectivity index (χ2n) is 5.10. The summed E-state index contributed by atoms with van der Waals surface area (Å²) in [7, 11) is -2.22. The minimum Gasteiger partial charge on any atom is -0.479 e. The first-order valence-corrected chi connectivity index (χ1v) is 8.50. The van der Waals surface area contributed by atoms with Crippen LogP contribution < -0.4 is 10.0 Å². The van der Waals surface area contributed by atoms with Gasteiger partial charge in [-0.05, 0) is 37.6 Å². The molecular weight excluding hydrogens is 324 g/mol. The van der Waals surface area contributed by atoms with E-state index in [2.05, 4.69) is 10.0 Å². The van der Waals surface area contributed by atoms with E-state index in [9.17, 15) is 18.0 Å². The van der Waals surface area contributed by atoms with E-state index in [0.29, 0.717) is 18.4 Å². The van der Waals surface area contributed by atoms with Crippen molar-refractivity contribution in [3.05, 3.63) is 29.8 Å². The highest BCUT2D eigenvalue weighted by atomic mass is 32.2. The van der Waals surface area contributed by atoms with E-state index in [0.717, 1.165) is 0 Å². The van der Waals surface area contributed by atoms with Crippen molar-refractivity contribution in [3.8, 4) is 0 Å². The number of carboxylic acid groups (broad SMARTS) is 1. The molecule has 0 unspecified atom stereocenters. The largest absolute Gasteiger partial charge is 0.479 e. The van der Waals surface area contributed by atoms with Crippen molar-refractivity contribution in [1.29, 1.82) is 0 Å². The highest BCUT2D eigenvalue weighted by Gasteiger charge is 2.34. The summed E-state index contributed by atoms with van der Waals surface area (Å²) in [5.41, 5.74) is 0.613. The lowest BCUT2D eigenvalue weighted by Crippen LogP contribution is -2.35. The molecule has 0 aromatic heterocycles. The molecule has 9 heteroatoms. The van der Waals surface area contributed by atoms with Crippen molar-refractivity contribution in [2.75, 3.05) is 7.05 Å². The standard InChI is InChI=1S/C14H18N2O6S/c1-15-23(20,21)10-4-2-3-9(7-10)8-16-13(17)11-5-6-12(22-11)14(18)19/h2-4,7,11-12,15H,5-6,8H2,1H3,(H,16,17)(H,18,19)/t11-,12+/m0/s1. The van der Waals surface area contributed by atoms with Gasteiger partial charge in [-0.25, -0.2) is 17.9 Å². The lowest BCUT2D eigenvalue weighted by Gasteiger charge is -2.12. The average molecular weight is 342 g/mol. The Morgan fingerprint density at radius 3 is 2.61 bits per heavy atom. The zero-order valence-electron chi connectivity index (χ0n) is 12.5. The number of ether oxygens (including phenoxy) is 1. The van der Waals surface area contributed by atoms with Crippen LogP contribution in [0.25, 0.3) is 0 Å². The monoisotopic (exact) mass is 342 g/mol. The lowest BCUT2D eigenvalue weighted by molar-refractivity contribution is -0.151. The number of rotatable bonds is 6. The Labute approximate surface area is 133 Å². The number of sulfonamides is 1. The number of benzene rings is 1. The van der Waals surface area contributed by atoms with E-state index in [-0.39, 0.29) is 11.4 Å². The number of nitrogens with one attached hydrogen (secondary N) is 2. The number of carbonyl (C=O) groups is 2. The molecule has 2 atom stereocenters. The van der Waals surface area contributed by atoms with Gasteiger partial charge < -0.3 is 15.2 Å². The summed E-state index contributed by atoms with van der Waals surface area (Å²) in [6.45, 7) is 0.128. The fourth-order valence-corrected chi connectivity index (χ4v) is 3.06. The topological polar surface area (TPSA) is 122 Å². The van der Waals surface area contributed by atoms with Gasteiger partial charge in [-0.3, -0.25) is 4.79 Å². The first-order chi connectivity index (χ1) is 10.8. The van der Waals surface area contributed by atoms with Crippen molar-refractivity contribution in [1.82, 2.24) is 10.0 Å². The second-order valence-corrected chi connectivity index (χ2v) is 6.99. The SMILES string of the molecule is CNS(=O)(=O)c1cccc(CNC(=O)[C@@H]2CC[C@H](C(=O)O)O2)c1. The minimum atomic E-state index is -3.54. The van der Waals surface area contributed by atoms with E-state index in [1.807, 2.05) is 0 Å². The number of carboxylic acids is 1. The van der Waals surface area contributed by atoms with Crippen molar-refractivity contribution in [3.63, 3.8) is 0 Å². The van der Waals surface area contributed by atoms with Gasteiger partial charge in [0.25, 0.3) is 0 Å². The Balaban J connectivity index is 1.95. The van der Waals surface area contributed by atoms with Gasteiger partial charge in [-0.2, -0.15) is 0 Å². The summed E-state index contributed by atoms with van der Waals surface area (Å²) in [4.78, 5) is 22.9. The molecule has 1 aliphatic heterocycles. The normalized spacial score (nSPS) is 21.1. The van der Waals surface area contributed by atoms with Crippen LogP contribution in [0.5, 0.6) is 0 Å². The fraction of sp³-hybridized carbons (Fsp3) is 0.429. The molecule has 3 N–H and O–H groups in total. The number of hydrogen-bond donors (Lipinski definition) is 3. The summed E-state index contributed by atoms with van der Waals surface area (Å²) in [6, 6.07) is 6.18. The maximum absolute atomic E-state index is 12.0. The molecule has 1 amide bonds. The third-order valence-electron chi connectivity index (χ3n) is 3.53. The van der Waals surface area contributed by atoms with Gasteiger partial charge in [-0.15, -0.1) is 0 Å². The minimum absolute atomic E-state index is 0.106. The molecule has 0 bridgehead atoms. The van der Waals surface area contributed by atoms with Crippen molar-refractivity contribution in [2.45, 2.75) is 36.5 Å². The van der Waals surface area contributed by atoms with Gasteiger partial charge in [0.1, 0.15) is 6.10 Å². The third kappa shape index (κ3) is 4.27. The molecule has 1 heterocycles. The maximum Gasteiger partial charge on any atom is 0.332 e. The van der Waals surface area contributed by atoms with Gasteiger partial charge in [-0.1, -0.05) is 12.1 Å². The molecule has 0 radical (unpaired) electrons. The zero-order chi connectivity index (χ0) is 17.0. The molecule has 1 aromatic carbocycles. The van der Waals surface area contributed by atoms with Crippen LogP contribution in [0.15, 0.2) is 29.2 Å². The molecule has 23 heavy (non-hydrogen) atoms. The van der Waals surface area contributed by atoms with Crippen LogP contribution in [0.1, 0.15) is 18.4 Å². The second kappa shape index (κ2) is 7.07. The number of carbonyl (C=O) groups excluding carboxylic acids is 1. The molecule has 1 fully saturated rings. The molecule has 0 saturated carbocycles. The summed E-state index contributed by atoms with van der Waals surface area (Å²) in [5.74, 6) is -1.49. The number of aliphatic carboxylic acids is 1. The van der Waals surface area contributed by atoms with Gasteiger partial charge >= 0.3 is 5.97 Å². The van der Waals surface area contributed by atoms with Crippen molar-refractivity contribution in [2.24, 2.45) is 0 Å². The first kappa shape index (κ1) is 17.4. The number of amides is 1. The van der Waals surface area contributed by atoms with E-state index >= 15 is 0 Å². The first-order valence-electron chi connectivity index (χ1n) is 7.02. The molecule has 0 spiro atoms. The summed E-state index contributed by atoms with van der Waals surface area (Å²) in [6.07, 6.45) is -1.10. The molecule has 126 valence electrons. The van der Waals surface area contributed by atoms with Crippen LogP contribution in [-0.4, -0.2) is 44.7 Å². The molecule has 8 nitrogen and oxygen atoms in total. The summed E-state index contributed by atoms with van der Waals surface area (Å²) < 4.78 is 30.8. The van der Waals surface area contributed by atoms with E-state index < -0.39 is 34.1 Å². The summed E-state index contributed by atoms with van der Waals surface area (Å²) >= 11 is 0. The fourth-order valence-electron chi connectivity index (χ4n) is 2.26. The highest BCUT2D eigenvalue weighted by molar-refractivity contribution is 7.89. The molecule has 1 aliphatic rings. The zero-order valence-corrected chi connectivity index (χ0v) is 13.3. The van der Waals surface area contributed by atoms with Crippen LogP contribution in [0.4, 0.5) is 0 Å². The smallest absolute Gasteiger partial charge is 0.332 e. The molecule has 0 aliphatic carbocycles. The highest BCUT2D eigenvalue weighted by Crippen LogP contribution is 2.20. The Morgan fingerprint density at radius 1 is 1.30 bits per heavy atom. The predicted molar refractivity (Wildman–Crippen MR) is 80.1 cm³/mol. The average Bonchev–Trinajstić information content (AvgIpc) is 3.03. The van der Waals surface area contributed by atoms with Crippen LogP contribution in [-0.2, 0) is 30.9 Å². The Kier molecular flexibility index (Phi) is 5.34. The van der Waals surface area contributed by atoms with Gasteiger partial charge in [0, 0.05) is 6.54 Å². The molecular formula is C14H18N2O6S. The van der Waals surface area contributed by atoms with Gasteiger partial charge in [0.15, 0.2) is 6.10 Å². The number of hydrogen-bond acceptors (Lipinski definition) is 5. The molecule has 1 saturated heterocycles. The Hall–Kier alpha value is -1.97. The van der Waals surface area contributed by atoms with Crippen LogP contribution in [0.2, 0.25) is 0 Å². The maximum atomic E-state index is 12.0. The van der Waals surface area contributed by atoms with E-state index in [1.165, 1.54) is 19.2 Å². The third-order valence-corrected chi connectivity index (χ3v) is 4.94. The summed E-state index contributed by atoms with van der Waals surface area (Å²) in [5, 5.41) is 11.5. The van der Waals surface area contributed by atoms with Crippen LogP contribution in [0, 0.1) is 0 Å². The van der Waals surface area contributed by atoms with E-state index in [4.69, 9.17) is 9.84 Å². The Morgan fingerprint density at radius 2 is 2.00 bits per heavy atom. The quantitative estimate of drug-likeness (QED) is 0.660. The van der Waals surface area contributed by atoms with Gasteiger partial charge in [0.05, 0.1) is 4.90 Å². The predicted octanol–water partition coefficient (Wildman–Crippen LogP) is -0.157. The lowest BCUT2D eigenvalue weighted by atomic mass is 10.2. The Bertz CT molecular complexity index is 703. The van der Waals surface area contributed by atoms with E-state index in [1.54, 1.807) is 12.1 Å².